The molecule has 0 saturated carbocycles. The van der Waals surface area contributed by atoms with Crippen molar-refractivity contribution >= 4 is 105 Å². The van der Waals surface area contributed by atoms with Gasteiger partial charge in [0.25, 0.3) is 0 Å². The molecule has 1 aliphatic rings. The van der Waals surface area contributed by atoms with Gasteiger partial charge in [0.05, 0.1) is 11.0 Å². The van der Waals surface area contributed by atoms with E-state index in [-0.39, 0.29) is 0 Å². The standard InChI is InChI=1S/C90H59NOSi/c1-93(2)88-54-68(72-23-13-24-80-77-22-11-12-25-87(77)92-90(72)80)42-46-78(88)79-47-45-69(55-89(79)93)91-85-48-43-64(60-30-26-56(27-31-60)58-34-38-62(39-35-58)81-52-66-14-3-5-16-70(66)73-18-7-9-20-75(73)81)50-83(85)84-51-65(44-49-86(84)91)61-32-28-57(29-33-61)59-36-40-63(41-37-59)82-53-67-15-4-6-17-71(67)74-19-8-10-21-76(74)82/h3-55H,1-2H3. The Morgan fingerprint density at radius 3 is 1.14 bits per heavy atom. The summed E-state index contributed by atoms with van der Waals surface area (Å²) in [4.78, 5) is 0. The van der Waals surface area contributed by atoms with Crippen LogP contribution in [0.5, 0.6) is 0 Å². The predicted molar refractivity (Wildman–Crippen MR) is 398 cm³/mol. The first-order valence-electron chi connectivity index (χ1n) is 32.4. The summed E-state index contributed by atoms with van der Waals surface area (Å²) < 4.78 is 9.10. The molecule has 0 radical (unpaired) electrons. The Balaban J connectivity index is 0.679. The van der Waals surface area contributed by atoms with E-state index in [2.05, 4.69) is 339 Å². The van der Waals surface area contributed by atoms with Gasteiger partial charge in [-0.25, -0.2) is 0 Å². The van der Waals surface area contributed by atoms with Crippen molar-refractivity contribution < 1.29 is 4.42 Å². The molecular weight excluding hydrogens is 1140 g/mol. The van der Waals surface area contributed by atoms with Crippen molar-refractivity contribution in [3.63, 3.8) is 0 Å². The summed E-state index contributed by atoms with van der Waals surface area (Å²) in [5.74, 6) is 0. The van der Waals surface area contributed by atoms with E-state index in [1.54, 1.807) is 0 Å². The molecule has 0 spiro atoms. The van der Waals surface area contributed by atoms with Gasteiger partial charge in [-0.05, 0) is 192 Å². The van der Waals surface area contributed by atoms with Crippen LogP contribution in [-0.2, 0) is 0 Å². The summed E-state index contributed by atoms with van der Waals surface area (Å²) in [6.45, 7) is 5.05. The summed E-state index contributed by atoms with van der Waals surface area (Å²) >= 11 is 0. The lowest BCUT2D eigenvalue weighted by molar-refractivity contribution is 0.670. The first-order valence-corrected chi connectivity index (χ1v) is 35.4. The number of hydrogen-bond acceptors (Lipinski definition) is 1. The SMILES string of the molecule is C[Si]1(C)c2cc(-c3cccc4c3oc3ccccc34)ccc2-c2ccc(-n3c4ccc(-c5ccc(-c6ccc(-c7cc8ccccc8c8ccccc78)cc6)cc5)cc4c4cc(-c5ccc(-c6ccc(-c7cc8ccccc8c8ccccc78)cc6)cc5)ccc43)cc21. The molecule has 19 rings (SSSR count). The van der Waals surface area contributed by atoms with Crippen molar-refractivity contribution in [2.75, 3.05) is 0 Å². The van der Waals surface area contributed by atoms with Crippen LogP contribution >= 0.6 is 0 Å². The Bertz CT molecular complexity index is 5840. The molecule has 3 heteroatoms. The minimum Gasteiger partial charge on any atom is -0.455 e. The zero-order valence-electron chi connectivity index (χ0n) is 51.5. The molecule has 16 aromatic carbocycles. The van der Waals surface area contributed by atoms with Gasteiger partial charge in [0.1, 0.15) is 19.2 Å². The molecule has 2 nitrogen and oxygen atoms in total. The maximum atomic E-state index is 6.58. The minimum atomic E-state index is -2.21. The summed E-state index contributed by atoms with van der Waals surface area (Å²) in [5, 5.41) is 17.9. The minimum absolute atomic E-state index is 0.923. The van der Waals surface area contributed by atoms with Crippen molar-refractivity contribution in [2.45, 2.75) is 13.1 Å². The van der Waals surface area contributed by atoms with Gasteiger partial charge in [0.2, 0.25) is 0 Å². The Kier molecular flexibility index (Phi) is 11.9. The highest BCUT2D eigenvalue weighted by molar-refractivity contribution is 7.04. The summed E-state index contributed by atoms with van der Waals surface area (Å²) in [5.41, 5.74) is 24.9. The molecule has 0 unspecified atom stereocenters. The number of benzene rings is 16. The van der Waals surface area contributed by atoms with Crippen LogP contribution in [0.15, 0.2) is 326 Å². The Hall–Kier alpha value is -11.6. The smallest absolute Gasteiger partial charge is 0.143 e. The average molecular weight is 1200 g/mol. The molecule has 2 aromatic heterocycles. The van der Waals surface area contributed by atoms with Crippen molar-refractivity contribution in [1.29, 1.82) is 0 Å². The van der Waals surface area contributed by atoms with Gasteiger partial charge < -0.3 is 8.98 Å². The van der Waals surface area contributed by atoms with Crippen molar-refractivity contribution in [1.82, 2.24) is 4.57 Å². The third kappa shape index (κ3) is 8.47. The summed E-state index contributed by atoms with van der Waals surface area (Å²) in [6, 6.07) is 120. The summed E-state index contributed by atoms with van der Waals surface area (Å²) in [7, 11) is -2.21. The lowest BCUT2D eigenvalue weighted by Gasteiger charge is -2.20. The molecule has 3 heterocycles. The zero-order valence-corrected chi connectivity index (χ0v) is 52.5. The van der Waals surface area contributed by atoms with Gasteiger partial charge in [-0.1, -0.05) is 280 Å². The Morgan fingerprint density at radius 1 is 0.237 bits per heavy atom. The number of aromatic nitrogens is 1. The quantitative estimate of drug-likeness (QED) is 0.110. The largest absolute Gasteiger partial charge is 0.455 e. The number of hydrogen-bond donors (Lipinski definition) is 0. The fourth-order valence-electron chi connectivity index (χ4n) is 15.6. The lowest BCUT2D eigenvalue weighted by Crippen LogP contribution is -2.49. The highest BCUT2D eigenvalue weighted by Gasteiger charge is 2.38. The molecule has 0 fully saturated rings. The van der Waals surface area contributed by atoms with E-state index >= 15 is 0 Å². The Morgan fingerprint density at radius 2 is 0.624 bits per heavy atom. The summed E-state index contributed by atoms with van der Waals surface area (Å²) in [6.07, 6.45) is 0. The molecule has 0 saturated heterocycles. The molecule has 0 atom stereocenters. The molecule has 93 heavy (non-hydrogen) atoms. The van der Waals surface area contributed by atoms with Gasteiger partial charge in [-0.2, -0.15) is 0 Å². The molecule has 18 aromatic rings. The third-order valence-corrected chi connectivity index (χ3v) is 23.9. The van der Waals surface area contributed by atoms with Crippen LogP contribution in [0.25, 0.3) is 182 Å². The van der Waals surface area contributed by atoms with Gasteiger partial charge >= 0.3 is 0 Å². The monoisotopic (exact) mass is 1200 g/mol. The number of nitrogens with zero attached hydrogens (tertiary/aromatic N) is 1. The van der Waals surface area contributed by atoms with Gasteiger partial charge in [0, 0.05) is 32.8 Å². The maximum Gasteiger partial charge on any atom is 0.143 e. The molecule has 0 amide bonds. The Labute approximate surface area is 540 Å². The van der Waals surface area contributed by atoms with Gasteiger partial charge in [-0.15, -0.1) is 0 Å². The zero-order chi connectivity index (χ0) is 61.5. The topological polar surface area (TPSA) is 18.1 Å². The third-order valence-electron chi connectivity index (χ3n) is 20.4. The first kappa shape index (κ1) is 53.2. The predicted octanol–water partition coefficient (Wildman–Crippen LogP) is 23.8. The van der Waals surface area contributed by atoms with Crippen LogP contribution in [0.1, 0.15) is 0 Å². The van der Waals surface area contributed by atoms with Crippen LogP contribution in [0.4, 0.5) is 0 Å². The van der Waals surface area contributed by atoms with Crippen molar-refractivity contribution in [3.05, 3.63) is 322 Å². The number of fused-ring (bicyclic) bond motifs is 15. The maximum absolute atomic E-state index is 6.58. The molecule has 0 aliphatic carbocycles. The highest BCUT2D eigenvalue weighted by Crippen LogP contribution is 2.43. The fraction of sp³-hybridized carbons (Fsp3) is 0.0222. The normalized spacial score (nSPS) is 12.7. The van der Waals surface area contributed by atoms with Crippen LogP contribution in [0.2, 0.25) is 13.1 Å². The lowest BCUT2D eigenvalue weighted by atomic mass is 9.92. The van der Waals surface area contributed by atoms with Crippen LogP contribution in [0.3, 0.4) is 0 Å². The van der Waals surface area contributed by atoms with E-state index in [0.717, 1.165) is 27.5 Å². The highest BCUT2D eigenvalue weighted by atomic mass is 28.3. The molecule has 434 valence electrons. The van der Waals surface area contributed by atoms with E-state index in [1.807, 2.05) is 0 Å². The molecule has 0 N–H and O–H groups in total. The van der Waals surface area contributed by atoms with Crippen LogP contribution in [-0.4, -0.2) is 12.6 Å². The van der Waals surface area contributed by atoms with E-state index in [4.69, 9.17) is 4.42 Å². The van der Waals surface area contributed by atoms with E-state index in [9.17, 15) is 0 Å². The molecule has 0 bridgehead atoms. The first-order chi connectivity index (χ1) is 45.8. The second-order valence-electron chi connectivity index (χ2n) is 25.9. The van der Waals surface area contributed by atoms with E-state index in [0.29, 0.717) is 0 Å². The number of rotatable bonds is 8. The number of furan rings is 1. The van der Waals surface area contributed by atoms with Crippen LogP contribution in [0, 0.1) is 0 Å². The van der Waals surface area contributed by atoms with Crippen LogP contribution < -0.4 is 10.4 Å². The molecular formula is C90H59NOSi. The second-order valence-corrected chi connectivity index (χ2v) is 30.2. The average Bonchev–Trinajstić information content (AvgIpc) is 1.61. The second kappa shape index (κ2) is 20.7. The van der Waals surface area contributed by atoms with Gasteiger partial charge in [-0.3, -0.25) is 0 Å². The number of para-hydroxylation sites is 2. The van der Waals surface area contributed by atoms with Crippen molar-refractivity contribution in [3.8, 4) is 94.7 Å². The fourth-order valence-corrected chi connectivity index (χ4v) is 18.7. The van der Waals surface area contributed by atoms with E-state index in [1.165, 1.54) is 164 Å². The molecule has 1 aliphatic heterocycles. The van der Waals surface area contributed by atoms with E-state index < -0.39 is 8.07 Å². The van der Waals surface area contributed by atoms with Crippen molar-refractivity contribution in [2.24, 2.45) is 0 Å². The van der Waals surface area contributed by atoms with Gasteiger partial charge in [0.15, 0.2) is 0 Å².